The van der Waals surface area contributed by atoms with E-state index in [9.17, 15) is 4.79 Å². The average Bonchev–Trinajstić information content (AvgIpc) is 2.40. The first-order valence-corrected chi connectivity index (χ1v) is 6.24. The lowest BCUT2D eigenvalue weighted by Crippen LogP contribution is -2.38. The minimum atomic E-state index is -0.241. The van der Waals surface area contributed by atoms with Gasteiger partial charge in [-0.05, 0) is 19.8 Å². The number of piperidine rings is 1. The van der Waals surface area contributed by atoms with Crippen molar-refractivity contribution in [3.8, 4) is 5.75 Å². The standard InChI is InChI=1S/C12H19N3O3/c1-3-18-9-4-6-15(7-5-9)11-10(17-2)12(16)14-8-13-11/h8-9H,3-7H2,1-2H3,(H,13,14,16). The average molecular weight is 253 g/mol. The Labute approximate surface area is 106 Å². The molecule has 0 atom stereocenters. The van der Waals surface area contributed by atoms with Crippen molar-refractivity contribution in [3.63, 3.8) is 0 Å². The Bertz CT molecular complexity index is 438. The largest absolute Gasteiger partial charge is 0.489 e. The van der Waals surface area contributed by atoms with Crippen LogP contribution in [0.2, 0.25) is 0 Å². The lowest BCUT2D eigenvalue weighted by Gasteiger charge is -2.32. The lowest BCUT2D eigenvalue weighted by atomic mass is 10.1. The number of hydrogen-bond donors (Lipinski definition) is 1. The van der Waals surface area contributed by atoms with Crippen LogP contribution in [0.15, 0.2) is 11.1 Å². The van der Waals surface area contributed by atoms with Gasteiger partial charge in [-0.25, -0.2) is 4.98 Å². The number of nitrogens with zero attached hydrogens (tertiary/aromatic N) is 2. The molecule has 2 heterocycles. The molecule has 1 N–H and O–H groups in total. The number of rotatable bonds is 4. The van der Waals surface area contributed by atoms with Crippen LogP contribution in [0.3, 0.4) is 0 Å². The van der Waals surface area contributed by atoms with Crippen LogP contribution in [-0.4, -0.2) is 42.9 Å². The van der Waals surface area contributed by atoms with Crippen LogP contribution in [-0.2, 0) is 4.74 Å². The van der Waals surface area contributed by atoms with Crippen molar-refractivity contribution in [1.82, 2.24) is 9.97 Å². The Kier molecular flexibility index (Phi) is 4.19. The highest BCUT2D eigenvalue weighted by Gasteiger charge is 2.23. The summed E-state index contributed by atoms with van der Waals surface area (Å²) in [6.45, 7) is 4.42. The third kappa shape index (κ3) is 2.64. The number of aromatic amines is 1. The van der Waals surface area contributed by atoms with Crippen molar-refractivity contribution in [3.05, 3.63) is 16.7 Å². The molecule has 6 nitrogen and oxygen atoms in total. The van der Waals surface area contributed by atoms with E-state index in [4.69, 9.17) is 9.47 Å². The van der Waals surface area contributed by atoms with E-state index < -0.39 is 0 Å². The van der Waals surface area contributed by atoms with Crippen LogP contribution in [0.4, 0.5) is 5.82 Å². The van der Waals surface area contributed by atoms with Gasteiger partial charge in [0.05, 0.1) is 19.5 Å². The summed E-state index contributed by atoms with van der Waals surface area (Å²) in [6, 6.07) is 0. The SMILES string of the molecule is CCOC1CCN(c2nc[nH]c(=O)c2OC)CC1. The third-order valence-corrected chi connectivity index (χ3v) is 3.14. The summed E-state index contributed by atoms with van der Waals surface area (Å²) < 4.78 is 10.7. The number of ether oxygens (including phenoxy) is 2. The molecule has 0 unspecified atom stereocenters. The second-order valence-electron chi connectivity index (χ2n) is 4.23. The van der Waals surface area contributed by atoms with E-state index in [-0.39, 0.29) is 11.3 Å². The molecule has 6 heteroatoms. The molecule has 1 saturated heterocycles. The molecule has 18 heavy (non-hydrogen) atoms. The molecule has 1 aliphatic heterocycles. The van der Waals surface area contributed by atoms with Crippen LogP contribution < -0.4 is 15.2 Å². The maximum absolute atomic E-state index is 11.6. The molecule has 0 amide bonds. The number of anilines is 1. The van der Waals surface area contributed by atoms with Gasteiger partial charge in [-0.2, -0.15) is 0 Å². The second kappa shape index (κ2) is 5.86. The number of methoxy groups -OCH3 is 1. The quantitative estimate of drug-likeness (QED) is 0.859. The first-order chi connectivity index (χ1) is 8.76. The first-order valence-electron chi connectivity index (χ1n) is 6.24. The smallest absolute Gasteiger partial charge is 0.295 e. The van der Waals surface area contributed by atoms with Crippen LogP contribution in [0, 0.1) is 0 Å². The number of H-pyrrole nitrogens is 1. The van der Waals surface area contributed by atoms with Crippen molar-refractivity contribution in [2.45, 2.75) is 25.9 Å². The van der Waals surface area contributed by atoms with Crippen LogP contribution in [0.5, 0.6) is 5.75 Å². The Balaban J connectivity index is 2.10. The molecule has 0 bridgehead atoms. The summed E-state index contributed by atoms with van der Waals surface area (Å²) >= 11 is 0. The van der Waals surface area contributed by atoms with Crippen molar-refractivity contribution in [1.29, 1.82) is 0 Å². The maximum atomic E-state index is 11.6. The van der Waals surface area contributed by atoms with E-state index >= 15 is 0 Å². The number of aromatic nitrogens is 2. The lowest BCUT2D eigenvalue weighted by molar-refractivity contribution is 0.0457. The van der Waals surface area contributed by atoms with Gasteiger partial charge in [0.1, 0.15) is 0 Å². The summed E-state index contributed by atoms with van der Waals surface area (Å²) in [5, 5.41) is 0. The van der Waals surface area contributed by atoms with Crippen LogP contribution >= 0.6 is 0 Å². The molecular weight excluding hydrogens is 234 g/mol. The second-order valence-corrected chi connectivity index (χ2v) is 4.23. The molecule has 1 fully saturated rings. The number of hydrogen-bond acceptors (Lipinski definition) is 5. The normalized spacial score (nSPS) is 16.9. The first kappa shape index (κ1) is 12.9. The molecule has 0 spiro atoms. The molecular formula is C12H19N3O3. The molecule has 0 aliphatic carbocycles. The van der Waals surface area contributed by atoms with Gasteiger partial charge in [0.15, 0.2) is 5.82 Å². The minimum absolute atomic E-state index is 0.241. The van der Waals surface area contributed by atoms with E-state index in [2.05, 4.69) is 14.9 Å². The molecule has 1 aromatic heterocycles. The highest BCUT2D eigenvalue weighted by atomic mass is 16.5. The van der Waals surface area contributed by atoms with E-state index in [1.807, 2.05) is 6.92 Å². The molecule has 2 rings (SSSR count). The van der Waals surface area contributed by atoms with Gasteiger partial charge < -0.3 is 19.4 Å². The maximum Gasteiger partial charge on any atom is 0.295 e. The minimum Gasteiger partial charge on any atom is -0.489 e. The monoisotopic (exact) mass is 253 g/mol. The zero-order chi connectivity index (χ0) is 13.0. The molecule has 0 radical (unpaired) electrons. The van der Waals surface area contributed by atoms with E-state index in [0.29, 0.717) is 11.9 Å². The zero-order valence-electron chi connectivity index (χ0n) is 10.8. The Morgan fingerprint density at radius 2 is 2.22 bits per heavy atom. The highest BCUT2D eigenvalue weighted by molar-refractivity contribution is 5.50. The van der Waals surface area contributed by atoms with Gasteiger partial charge >= 0.3 is 0 Å². The molecule has 1 aliphatic rings. The van der Waals surface area contributed by atoms with Gasteiger partial charge in [-0.1, -0.05) is 0 Å². The van der Waals surface area contributed by atoms with E-state index in [0.717, 1.165) is 32.5 Å². The molecule has 0 aromatic carbocycles. The summed E-state index contributed by atoms with van der Waals surface area (Å²) in [7, 11) is 1.49. The zero-order valence-corrected chi connectivity index (χ0v) is 10.8. The fourth-order valence-electron chi connectivity index (χ4n) is 2.26. The fraction of sp³-hybridized carbons (Fsp3) is 0.667. The Hall–Kier alpha value is -1.56. The Morgan fingerprint density at radius 1 is 1.50 bits per heavy atom. The van der Waals surface area contributed by atoms with E-state index in [1.54, 1.807) is 0 Å². The third-order valence-electron chi connectivity index (χ3n) is 3.14. The fourth-order valence-corrected chi connectivity index (χ4v) is 2.26. The summed E-state index contributed by atoms with van der Waals surface area (Å²) in [5.74, 6) is 0.906. The summed E-state index contributed by atoms with van der Waals surface area (Å²) in [4.78, 5) is 20.4. The van der Waals surface area contributed by atoms with Crippen molar-refractivity contribution in [2.24, 2.45) is 0 Å². The summed E-state index contributed by atoms with van der Waals surface area (Å²) in [5.41, 5.74) is -0.241. The highest BCUT2D eigenvalue weighted by Crippen LogP contribution is 2.24. The molecule has 100 valence electrons. The molecule has 1 aromatic rings. The van der Waals surface area contributed by atoms with Crippen LogP contribution in [0.25, 0.3) is 0 Å². The van der Waals surface area contributed by atoms with Gasteiger partial charge in [-0.3, -0.25) is 4.79 Å². The Morgan fingerprint density at radius 3 is 2.83 bits per heavy atom. The molecule has 0 saturated carbocycles. The van der Waals surface area contributed by atoms with Gasteiger partial charge in [0.2, 0.25) is 5.75 Å². The van der Waals surface area contributed by atoms with Gasteiger partial charge in [0, 0.05) is 19.7 Å². The van der Waals surface area contributed by atoms with Crippen molar-refractivity contribution in [2.75, 3.05) is 31.7 Å². The van der Waals surface area contributed by atoms with E-state index in [1.165, 1.54) is 13.4 Å². The van der Waals surface area contributed by atoms with Crippen LogP contribution in [0.1, 0.15) is 19.8 Å². The van der Waals surface area contributed by atoms with Crippen molar-refractivity contribution >= 4 is 5.82 Å². The van der Waals surface area contributed by atoms with Crippen molar-refractivity contribution < 1.29 is 9.47 Å². The summed E-state index contributed by atoms with van der Waals surface area (Å²) in [6.07, 6.45) is 3.63. The number of nitrogens with one attached hydrogen (secondary N) is 1. The predicted molar refractivity (Wildman–Crippen MR) is 68.3 cm³/mol. The van der Waals surface area contributed by atoms with Gasteiger partial charge in [0.25, 0.3) is 5.56 Å². The predicted octanol–water partition coefficient (Wildman–Crippen LogP) is 0.784. The van der Waals surface area contributed by atoms with Gasteiger partial charge in [-0.15, -0.1) is 0 Å². The topological polar surface area (TPSA) is 67.5 Å².